The molecule has 4 N–H and O–H groups in total. The summed E-state index contributed by atoms with van der Waals surface area (Å²) in [5, 5.41) is 12.3. The van der Waals surface area contributed by atoms with Crippen molar-refractivity contribution in [1.29, 1.82) is 0 Å². The molecule has 1 aromatic rings. The summed E-state index contributed by atoms with van der Waals surface area (Å²) in [6.07, 6.45) is 0. The predicted molar refractivity (Wildman–Crippen MR) is 70.7 cm³/mol. The quantitative estimate of drug-likeness (QED) is 0.764. The van der Waals surface area contributed by atoms with Crippen molar-refractivity contribution in [2.75, 3.05) is 12.4 Å². The van der Waals surface area contributed by atoms with Crippen molar-refractivity contribution < 1.29 is 14.6 Å². The molecule has 0 saturated heterocycles. The maximum absolute atomic E-state index is 11.9. The van der Waals surface area contributed by atoms with Gasteiger partial charge in [-0.3, -0.25) is 4.79 Å². The van der Waals surface area contributed by atoms with E-state index in [0.29, 0.717) is 11.4 Å². The minimum absolute atomic E-state index is 0.0281. The van der Waals surface area contributed by atoms with E-state index in [9.17, 15) is 9.90 Å². The van der Waals surface area contributed by atoms with Crippen molar-refractivity contribution in [3.63, 3.8) is 0 Å². The molecule has 0 unspecified atom stereocenters. The van der Waals surface area contributed by atoms with Crippen molar-refractivity contribution in [3.05, 3.63) is 18.2 Å². The van der Waals surface area contributed by atoms with Crippen LogP contribution in [0.25, 0.3) is 0 Å². The number of methoxy groups -OCH3 is 1. The van der Waals surface area contributed by atoms with Gasteiger partial charge in [0.2, 0.25) is 5.91 Å². The van der Waals surface area contributed by atoms with Crippen molar-refractivity contribution in [3.8, 4) is 11.5 Å². The van der Waals surface area contributed by atoms with E-state index in [1.807, 2.05) is 20.8 Å². The molecule has 0 saturated carbocycles. The topological polar surface area (TPSA) is 84.6 Å². The van der Waals surface area contributed by atoms with Crippen LogP contribution in [0, 0.1) is 5.41 Å². The maximum atomic E-state index is 11.9. The number of carbonyl (C=O) groups is 1. The highest BCUT2D eigenvalue weighted by atomic mass is 16.5. The van der Waals surface area contributed by atoms with Crippen LogP contribution in [0.4, 0.5) is 5.69 Å². The molecule has 0 heterocycles. The Morgan fingerprint density at radius 2 is 2.06 bits per heavy atom. The number of phenols is 1. The van der Waals surface area contributed by atoms with Crippen LogP contribution in [-0.2, 0) is 4.79 Å². The molecule has 0 aliphatic rings. The number of aromatic hydroxyl groups is 1. The number of rotatable bonds is 3. The first kappa shape index (κ1) is 14.3. The van der Waals surface area contributed by atoms with Crippen LogP contribution < -0.4 is 15.8 Å². The number of anilines is 1. The predicted octanol–water partition coefficient (Wildman–Crippen LogP) is 1.71. The summed E-state index contributed by atoms with van der Waals surface area (Å²) in [4.78, 5) is 11.9. The van der Waals surface area contributed by atoms with Crippen LogP contribution in [0.5, 0.6) is 11.5 Å². The first-order valence-corrected chi connectivity index (χ1v) is 5.69. The van der Waals surface area contributed by atoms with E-state index in [1.54, 1.807) is 12.1 Å². The highest BCUT2D eigenvalue weighted by molar-refractivity contribution is 5.95. The Kier molecular flexibility index (Phi) is 4.19. The van der Waals surface area contributed by atoms with Crippen LogP contribution >= 0.6 is 0 Å². The van der Waals surface area contributed by atoms with Crippen LogP contribution in [0.15, 0.2) is 18.2 Å². The Labute approximate surface area is 107 Å². The van der Waals surface area contributed by atoms with Crippen LogP contribution in [0.1, 0.15) is 20.8 Å². The van der Waals surface area contributed by atoms with E-state index in [4.69, 9.17) is 10.5 Å². The van der Waals surface area contributed by atoms with E-state index in [1.165, 1.54) is 13.2 Å². The lowest BCUT2D eigenvalue weighted by molar-refractivity contribution is -0.119. The minimum Gasteiger partial charge on any atom is -0.504 e. The number of phenolic OH excluding ortho intramolecular Hbond substituents is 1. The molecule has 0 fully saturated rings. The lowest BCUT2D eigenvalue weighted by Crippen LogP contribution is -2.45. The average Bonchev–Trinajstić information content (AvgIpc) is 2.27. The van der Waals surface area contributed by atoms with Crippen LogP contribution in [-0.4, -0.2) is 24.2 Å². The van der Waals surface area contributed by atoms with Gasteiger partial charge in [-0.1, -0.05) is 20.8 Å². The zero-order valence-electron chi connectivity index (χ0n) is 11.2. The van der Waals surface area contributed by atoms with Crippen LogP contribution in [0.3, 0.4) is 0 Å². The maximum Gasteiger partial charge on any atom is 0.241 e. The molecule has 0 bridgehead atoms. The number of carbonyl (C=O) groups excluding carboxylic acids is 1. The number of ether oxygens (including phenoxy) is 1. The number of amides is 1. The number of nitrogens with two attached hydrogens (primary N) is 1. The van der Waals surface area contributed by atoms with E-state index < -0.39 is 6.04 Å². The largest absolute Gasteiger partial charge is 0.504 e. The third-order valence-electron chi connectivity index (χ3n) is 2.66. The Balaban J connectivity index is 2.80. The molecule has 18 heavy (non-hydrogen) atoms. The molecule has 0 aromatic heterocycles. The molecule has 0 spiro atoms. The van der Waals surface area contributed by atoms with Crippen molar-refractivity contribution in [2.45, 2.75) is 26.8 Å². The van der Waals surface area contributed by atoms with Crippen molar-refractivity contribution >= 4 is 11.6 Å². The summed E-state index contributed by atoms with van der Waals surface area (Å²) >= 11 is 0. The molecule has 5 nitrogen and oxygen atoms in total. The second-order valence-electron chi connectivity index (χ2n) is 5.22. The molecular weight excluding hydrogens is 232 g/mol. The molecule has 100 valence electrons. The Bertz CT molecular complexity index is 438. The second kappa shape index (κ2) is 5.27. The third kappa shape index (κ3) is 3.37. The summed E-state index contributed by atoms with van der Waals surface area (Å²) in [5.41, 5.74) is 6.00. The molecule has 1 rings (SSSR count). The Morgan fingerprint density at radius 3 is 2.50 bits per heavy atom. The van der Waals surface area contributed by atoms with Gasteiger partial charge in [0, 0.05) is 11.8 Å². The lowest BCUT2D eigenvalue weighted by Gasteiger charge is -2.25. The van der Waals surface area contributed by atoms with Gasteiger partial charge in [0.1, 0.15) is 0 Å². The average molecular weight is 252 g/mol. The molecule has 1 amide bonds. The molecule has 0 radical (unpaired) electrons. The van der Waals surface area contributed by atoms with E-state index in [2.05, 4.69) is 5.32 Å². The lowest BCUT2D eigenvalue weighted by atomic mass is 9.87. The molecular formula is C13H20N2O3. The smallest absolute Gasteiger partial charge is 0.241 e. The molecule has 1 aromatic carbocycles. The summed E-state index contributed by atoms with van der Waals surface area (Å²) < 4.78 is 4.92. The van der Waals surface area contributed by atoms with Gasteiger partial charge < -0.3 is 20.9 Å². The SMILES string of the molecule is COc1ccc(NC(=O)[C@H](N)C(C)(C)C)cc1O. The first-order chi connectivity index (χ1) is 8.25. The molecule has 1 atom stereocenters. The summed E-state index contributed by atoms with van der Waals surface area (Å²) in [6.45, 7) is 5.67. The number of nitrogens with one attached hydrogen (secondary N) is 1. The third-order valence-corrected chi connectivity index (χ3v) is 2.66. The standard InChI is InChI=1S/C13H20N2O3/c1-13(2,3)11(14)12(17)15-8-5-6-10(18-4)9(16)7-8/h5-7,11,16H,14H2,1-4H3,(H,15,17)/t11-/m0/s1. The zero-order chi connectivity index (χ0) is 13.9. The number of hydrogen-bond acceptors (Lipinski definition) is 4. The zero-order valence-corrected chi connectivity index (χ0v) is 11.2. The highest BCUT2D eigenvalue weighted by Crippen LogP contribution is 2.29. The van der Waals surface area contributed by atoms with E-state index >= 15 is 0 Å². The molecule has 0 aliphatic heterocycles. The number of benzene rings is 1. The fraction of sp³-hybridized carbons (Fsp3) is 0.462. The van der Waals surface area contributed by atoms with E-state index in [0.717, 1.165) is 0 Å². The molecule has 5 heteroatoms. The van der Waals surface area contributed by atoms with Gasteiger partial charge in [0.25, 0.3) is 0 Å². The van der Waals surface area contributed by atoms with Crippen LogP contribution in [0.2, 0.25) is 0 Å². The Morgan fingerprint density at radius 1 is 1.44 bits per heavy atom. The number of hydrogen-bond donors (Lipinski definition) is 3. The van der Waals surface area contributed by atoms with Gasteiger partial charge in [0.15, 0.2) is 11.5 Å². The Hall–Kier alpha value is -1.75. The summed E-state index contributed by atoms with van der Waals surface area (Å²) in [6, 6.07) is 4.02. The normalized spacial score (nSPS) is 12.9. The summed E-state index contributed by atoms with van der Waals surface area (Å²) in [7, 11) is 1.46. The monoisotopic (exact) mass is 252 g/mol. The van der Waals surface area contributed by atoms with E-state index in [-0.39, 0.29) is 17.1 Å². The fourth-order valence-corrected chi connectivity index (χ4v) is 1.38. The van der Waals surface area contributed by atoms with Gasteiger partial charge in [-0.05, 0) is 17.5 Å². The van der Waals surface area contributed by atoms with Gasteiger partial charge in [-0.25, -0.2) is 0 Å². The fourth-order valence-electron chi connectivity index (χ4n) is 1.38. The van der Waals surface area contributed by atoms with Gasteiger partial charge in [-0.2, -0.15) is 0 Å². The van der Waals surface area contributed by atoms with Gasteiger partial charge in [-0.15, -0.1) is 0 Å². The second-order valence-corrected chi connectivity index (χ2v) is 5.22. The van der Waals surface area contributed by atoms with Gasteiger partial charge >= 0.3 is 0 Å². The van der Waals surface area contributed by atoms with Crippen molar-refractivity contribution in [2.24, 2.45) is 11.1 Å². The van der Waals surface area contributed by atoms with Crippen molar-refractivity contribution in [1.82, 2.24) is 0 Å². The molecule has 0 aliphatic carbocycles. The summed E-state index contributed by atoms with van der Waals surface area (Å²) in [5.74, 6) is 0.0415. The first-order valence-electron chi connectivity index (χ1n) is 5.69. The van der Waals surface area contributed by atoms with Gasteiger partial charge in [0.05, 0.1) is 13.2 Å². The minimum atomic E-state index is -0.623. The highest BCUT2D eigenvalue weighted by Gasteiger charge is 2.27.